The van der Waals surface area contributed by atoms with E-state index in [9.17, 15) is 0 Å². The molecule has 0 saturated carbocycles. The number of allylic oxidation sites excluding steroid dienone is 1. The molecule has 15 heavy (non-hydrogen) atoms. The standard InChI is InChI=1S/C14H20O/c1-14(2,3)10-13(11-15-4)12-8-6-5-7-9-12/h5-10H,11H2,1-4H3/b13-10-. The van der Waals surface area contributed by atoms with Gasteiger partial charge in [0, 0.05) is 7.11 Å². The smallest absolute Gasteiger partial charge is 0.0715 e. The van der Waals surface area contributed by atoms with Crippen molar-refractivity contribution in [2.75, 3.05) is 13.7 Å². The molecule has 0 spiro atoms. The highest BCUT2D eigenvalue weighted by atomic mass is 16.5. The SMILES string of the molecule is COC/C(=C/C(C)(C)C)c1ccccc1. The van der Waals surface area contributed by atoms with Crippen LogP contribution in [0.1, 0.15) is 26.3 Å². The van der Waals surface area contributed by atoms with Gasteiger partial charge in [-0.15, -0.1) is 0 Å². The van der Waals surface area contributed by atoms with Crippen LogP contribution < -0.4 is 0 Å². The zero-order valence-electron chi connectivity index (χ0n) is 10.1. The van der Waals surface area contributed by atoms with Gasteiger partial charge in [-0.05, 0) is 16.6 Å². The van der Waals surface area contributed by atoms with E-state index in [4.69, 9.17) is 4.74 Å². The highest BCUT2D eigenvalue weighted by Gasteiger charge is 2.09. The minimum Gasteiger partial charge on any atom is -0.380 e. The van der Waals surface area contributed by atoms with Crippen molar-refractivity contribution in [3.05, 3.63) is 42.0 Å². The van der Waals surface area contributed by atoms with Gasteiger partial charge in [-0.2, -0.15) is 0 Å². The molecule has 1 aromatic rings. The van der Waals surface area contributed by atoms with Crippen LogP contribution in [-0.2, 0) is 4.74 Å². The van der Waals surface area contributed by atoms with Crippen LogP contribution in [0.3, 0.4) is 0 Å². The Morgan fingerprint density at radius 3 is 2.27 bits per heavy atom. The van der Waals surface area contributed by atoms with Crippen molar-refractivity contribution in [3.8, 4) is 0 Å². The third-order valence-electron chi connectivity index (χ3n) is 2.05. The van der Waals surface area contributed by atoms with Crippen LogP contribution in [0.15, 0.2) is 36.4 Å². The van der Waals surface area contributed by atoms with E-state index in [0.29, 0.717) is 6.61 Å². The molecular formula is C14H20O. The summed E-state index contributed by atoms with van der Waals surface area (Å²) < 4.78 is 5.24. The van der Waals surface area contributed by atoms with Crippen LogP contribution in [0.5, 0.6) is 0 Å². The number of hydrogen-bond donors (Lipinski definition) is 0. The van der Waals surface area contributed by atoms with Gasteiger partial charge in [0.1, 0.15) is 0 Å². The maximum atomic E-state index is 5.24. The van der Waals surface area contributed by atoms with Crippen molar-refractivity contribution in [1.82, 2.24) is 0 Å². The molecule has 0 amide bonds. The van der Waals surface area contributed by atoms with E-state index in [-0.39, 0.29) is 5.41 Å². The summed E-state index contributed by atoms with van der Waals surface area (Å²) in [6, 6.07) is 10.4. The Bertz CT molecular complexity index is 317. The van der Waals surface area contributed by atoms with E-state index in [2.05, 4.69) is 51.1 Å². The largest absolute Gasteiger partial charge is 0.380 e. The van der Waals surface area contributed by atoms with Crippen molar-refractivity contribution in [2.24, 2.45) is 5.41 Å². The molecule has 1 rings (SSSR count). The van der Waals surface area contributed by atoms with Gasteiger partial charge in [-0.1, -0.05) is 57.2 Å². The molecule has 82 valence electrons. The molecule has 0 heterocycles. The highest BCUT2D eigenvalue weighted by Crippen LogP contribution is 2.23. The van der Waals surface area contributed by atoms with E-state index < -0.39 is 0 Å². The highest BCUT2D eigenvalue weighted by molar-refractivity contribution is 5.66. The van der Waals surface area contributed by atoms with E-state index >= 15 is 0 Å². The molecule has 1 nitrogen and oxygen atoms in total. The van der Waals surface area contributed by atoms with Gasteiger partial charge in [0.25, 0.3) is 0 Å². The molecule has 1 aromatic carbocycles. The Morgan fingerprint density at radius 2 is 1.80 bits per heavy atom. The van der Waals surface area contributed by atoms with E-state index in [1.165, 1.54) is 11.1 Å². The van der Waals surface area contributed by atoms with E-state index in [1.807, 2.05) is 6.07 Å². The third kappa shape index (κ3) is 4.30. The third-order valence-corrected chi connectivity index (χ3v) is 2.05. The monoisotopic (exact) mass is 204 g/mol. The van der Waals surface area contributed by atoms with E-state index in [0.717, 1.165) is 0 Å². The molecule has 0 N–H and O–H groups in total. The zero-order chi connectivity index (χ0) is 11.3. The second-order valence-electron chi connectivity index (χ2n) is 4.83. The first-order valence-electron chi connectivity index (χ1n) is 5.29. The molecule has 0 aliphatic rings. The average Bonchev–Trinajstić information content (AvgIpc) is 2.17. The van der Waals surface area contributed by atoms with Crippen molar-refractivity contribution < 1.29 is 4.74 Å². The van der Waals surface area contributed by atoms with Crippen LogP contribution in [0, 0.1) is 5.41 Å². The summed E-state index contributed by atoms with van der Waals surface area (Å²) >= 11 is 0. The minimum absolute atomic E-state index is 0.184. The first-order valence-corrected chi connectivity index (χ1v) is 5.29. The first kappa shape index (κ1) is 12.0. The summed E-state index contributed by atoms with van der Waals surface area (Å²) in [7, 11) is 1.74. The van der Waals surface area contributed by atoms with Crippen molar-refractivity contribution in [2.45, 2.75) is 20.8 Å². The van der Waals surface area contributed by atoms with Crippen LogP contribution in [0.25, 0.3) is 5.57 Å². The Hall–Kier alpha value is -1.08. The number of rotatable bonds is 3. The predicted molar refractivity (Wildman–Crippen MR) is 65.8 cm³/mol. The summed E-state index contributed by atoms with van der Waals surface area (Å²) in [6.07, 6.45) is 2.27. The molecule has 0 radical (unpaired) electrons. The average molecular weight is 204 g/mol. The summed E-state index contributed by atoms with van der Waals surface area (Å²) in [5, 5.41) is 0. The molecule has 0 aliphatic carbocycles. The predicted octanol–water partition coefficient (Wildman–Crippen LogP) is 3.76. The number of benzene rings is 1. The summed E-state index contributed by atoms with van der Waals surface area (Å²) in [5.41, 5.74) is 2.68. The molecule has 0 fully saturated rings. The number of hydrogen-bond acceptors (Lipinski definition) is 1. The normalized spacial score (nSPS) is 12.9. The van der Waals surface area contributed by atoms with Gasteiger partial charge < -0.3 is 4.74 Å². The lowest BCUT2D eigenvalue weighted by atomic mass is 9.91. The van der Waals surface area contributed by atoms with E-state index in [1.54, 1.807) is 7.11 Å². The molecular weight excluding hydrogens is 184 g/mol. The lowest BCUT2D eigenvalue weighted by Crippen LogP contribution is -2.04. The van der Waals surface area contributed by atoms with Gasteiger partial charge in [0.2, 0.25) is 0 Å². The van der Waals surface area contributed by atoms with Gasteiger partial charge in [-0.3, -0.25) is 0 Å². The van der Waals surface area contributed by atoms with Crippen LogP contribution in [-0.4, -0.2) is 13.7 Å². The topological polar surface area (TPSA) is 9.23 Å². The number of methoxy groups -OCH3 is 1. The summed E-state index contributed by atoms with van der Waals surface area (Å²) in [5.74, 6) is 0. The lowest BCUT2D eigenvalue weighted by Gasteiger charge is -2.16. The van der Waals surface area contributed by atoms with Crippen molar-refractivity contribution in [1.29, 1.82) is 0 Å². The quantitative estimate of drug-likeness (QED) is 0.728. The number of ether oxygens (including phenoxy) is 1. The Morgan fingerprint density at radius 1 is 1.20 bits per heavy atom. The molecule has 0 saturated heterocycles. The van der Waals surface area contributed by atoms with Gasteiger partial charge in [0.15, 0.2) is 0 Å². The maximum Gasteiger partial charge on any atom is 0.0715 e. The lowest BCUT2D eigenvalue weighted by molar-refractivity contribution is 0.239. The second-order valence-corrected chi connectivity index (χ2v) is 4.83. The molecule has 0 atom stereocenters. The maximum absolute atomic E-state index is 5.24. The van der Waals surface area contributed by atoms with Crippen molar-refractivity contribution >= 4 is 5.57 Å². The first-order chi connectivity index (χ1) is 7.03. The van der Waals surface area contributed by atoms with Gasteiger partial charge >= 0.3 is 0 Å². The summed E-state index contributed by atoms with van der Waals surface area (Å²) in [4.78, 5) is 0. The van der Waals surface area contributed by atoms with Crippen LogP contribution >= 0.6 is 0 Å². The molecule has 1 heteroatoms. The fourth-order valence-corrected chi connectivity index (χ4v) is 1.54. The summed E-state index contributed by atoms with van der Waals surface area (Å²) in [6.45, 7) is 7.27. The van der Waals surface area contributed by atoms with Gasteiger partial charge in [-0.25, -0.2) is 0 Å². The fourth-order valence-electron chi connectivity index (χ4n) is 1.54. The van der Waals surface area contributed by atoms with Crippen LogP contribution in [0.4, 0.5) is 0 Å². The zero-order valence-corrected chi connectivity index (χ0v) is 10.1. The minimum atomic E-state index is 0.184. The molecule has 0 bridgehead atoms. The molecule has 0 aliphatic heterocycles. The Labute approximate surface area is 92.8 Å². The molecule has 0 unspecified atom stereocenters. The fraction of sp³-hybridized carbons (Fsp3) is 0.429. The van der Waals surface area contributed by atoms with Gasteiger partial charge in [0.05, 0.1) is 6.61 Å². The van der Waals surface area contributed by atoms with Crippen molar-refractivity contribution in [3.63, 3.8) is 0 Å². The van der Waals surface area contributed by atoms with Crippen LogP contribution in [0.2, 0.25) is 0 Å². The Kier molecular flexibility index (Phi) is 4.10. The second kappa shape index (κ2) is 5.13. The Balaban J connectivity index is 2.99. The molecule has 0 aromatic heterocycles.